The summed E-state index contributed by atoms with van der Waals surface area (Å²) in [7, 11) is -6.82. The molecular weight excluding hydrogens is 478 g/mol. The molecule has 0 radical (unpaired) electrons. The Morgan fingerprint density at radius 3 is 1.08 bits per heavy atom. The van der Waals surface area contributed by atoms with Gasteiger partial charge < -0.3 is 9.13 Å². The molecule has 0 aliphatic rings. The largest absolute Gasteiger partial charge is 0.313 e. The topological polar surface area (TPSA) is 34.1 Å². The SMILES string of the molecule is CCCCC(C)(C)C(P(=O)(c1ccccc1)c1ccccc1)P(=O)(c1ccccc1)c1ccccc1. The first-order chi connectivity index (χ1) is 17.3. The minimum absolute atomic E-state index is 0.474. The van der Waals surface area contributed by atoms with Crippen LogP contribution < -0.4 is 21.2 Å². The van der Waals surface area contributed by atoms with Crippen LogP contribution in [0.3, 0.4) is 0 Å². The Balaban J connectivity index is 2.14. The van der Waals surface area contributed by atoms with Crippen molar-refractivity contribution in [1.29, 1.82) is 0 Å². The second-order valence-electron chi connectivity index (χ2n) is 10.1. The van der Waals surface area contributed by atoms with Crippen molar-refractivity contribution in [1.82, 2.24) is 0 Å². The molecule has 0 amide bonds. The molecule has 0 aliphatic carbocycles. The van der Waals surface area contributed by atoms with Crippen molar-refractivity contribution in [2.75, 3.05) is 0 Å². The molecule has 0 saturated carbocycles. The Bertz CT molecular complexity index is 1150. The number of unbranched alkanes of at least 4 members (excludes halogenated alkanes) is 1. The van der Waals surface area contributed by atoms with Gasteiger partial charge in [-0.1, -0.05) is 155 Å². The fourth-order valence-electron chi connectivity index (χ4n) is 5.44. The normalized spacial score (nSPS) is 12.6. The minimum Gasteiger partial charge on any atom is -0.313 e. The van der Waals surface area contributed by atoms with Crippen LogP contribution >= 0.6 is 14.3 Å². The van der Waals surface area contributed by atoms with Crippen LogP contribution in [-0.4, -0.2) is 5.40 Å². The first-order valence-corrected chi connectivity index (χ1v) is 16.3. The van der Waals surface area contributed by atoms with Gasteiger partial charge in [0.2, 0.25) is 0 Å². The molecule has 186 valence electrons. The van der Waals surface area contributed by atoms with E-state index in [9.17, 15) is 0 Å². The van der Waals surface area contributed by atoms with E-state index < -0.39 is 25.1 Å². The lowest BCUT2D eigenvalue weighted by Gasteiger charge is -2.45. The summed E-state index contributed by atoms with van der Waals surface area (Å²) in [4.78, 5) is 0. The summed E-state index contributed by atoms with van der Waals surface area (Å²) in [5, 5.41) is 2.44. The van der Waals surface area contributed by atoms with Crippen molar-refractivity contribution in [3.05, 3.63) is 121 Å². The van der Waals surface area contributed by atoms with Gasteiger partial charge in [0.05, 0.1) is 5.40 Å². The third kappa shape index (κ3) is 4.95. The van der Waals surface area contributed by atoms with Gasteiger partial charge in [-0.25, -0.2) is 0 Å². The summed E-state index contributed by atoms with van der Waals surface area (Å²) >= 11 is 0. The number of hydrogen-bond acceptors (Lipinski definition) is 2. The van der Waals surface area contributed by atoms with E-state index in [2.05, 4.69) is 20.8 Å². The Kier molecular flexibility index (Phi) is 8.19. The summed E-state index contributed by atoms with van der Waals surface area (Å²) in [5.74, 6) is 0. The summed E-state index contributed by atoms with van der Waals surface area (Å²) in [5.41, 5.74) is -0.474. The number of hydrogen-bond donors (Lipinski definition) is 0. The quantitative estimate of drug-likeness (QED) is 0.205. The van der Waals surface area contributed by atoms with Gasteiger partial charge in [0.15, 0.2) is 14.3 Å². The van der Waals surface area contributed by atoms with Gasteiger partial charge >= 0.3 is 0 Å². The van der Waals surface area contributed by atoms with E-state index in [-0.39, 0.29) is 0 Å². The lowest BCUT2D eigenvalue weighted by atomic mass is 9.89. The number of rotatable bonds is 10. The highest BCUT2D eigenvalue weighted by Crippen LogP contribution is 2.71. The second kappa shape index (κ2) is 11.2. The van der Waals surface area contributed by atoms with E-state index in [4.69, 9.17) is 0 Å². The molecule has 4 heteroatoms. The average molecular weight is 515 g/mol. The van der Waals surface area contributed by atoms with E-state index in [1.54, 1.807) is 0 Å². The van der Waals surface area contributed by atoms with Gasteiger partial charge in [-0.15, -0.1) is 0 Å². The zero-order valence-electron chi connectivity index (χ0n) is 21.5. The first-order valence-electron chi connectivity index (χ1n) is 12.8. The standard InChI is InChI=1S/C32H36O2P2/c1-4-5-26-32(2,3)31(35(33,27-18-10-6-11-19-27)28-20-12-7-13-21-28)36(34,29-22-14-8-15-23-29)30-24-16-9-17-25-30/h6-25,31H,4-5,26H2,1-3H3. The highest BCUT2D eigenvalue weighted by Gasteiger charge is 2.55. The molecule has 4 aromatic carbocycles. The molecule has 4 aromatic rings. The first kappa shape index (κ1) is 26.4. The maximum absolute atomic E-state index is 15.9. The maximum atomic E-state index is 15.9. The highest BCUT2D eigenvalue weighted by molar-refractivity contribution is 7.95. The van der Waals surface area contributed by atoms with Gasteiger partial charge in [-0.2, -0.15) is 0 Å². The zero-order valence-corrected chi connectivity index (χ0v) is 23.2. The highest BCUT2D eigenvalue weighted by atomic mass is 31.2. The van der Waals surface area contributed by atoms with Crippen LogP contribution in [0.1, 0.15) is 40.0 Å². The molecule has 2 nitrogen and oxygen atoms in total. The third-order valence-electron chi connectivity index (χ3n) is 7.12. The van der Waals surface area contributed by atoms with E-state index in [1.807, 2.05) is 121 Å². The zero-order chi connectivity index (χ0) is 25.7. The molecule has 36 heavy (non-hydrogen) atoms. The van der Waals surface area contributed by atoms with Crippen molar-refractivity contribution in [3.8, 4) is 0 Å². The van der Waals surface area contributed by atoms with Gasteiger partial charge in [-0.05, 0) is 11.8 Å². The molecule has 0 aliphatic heterocycles. The summed E-state index contributed by atoms with van der Waals surface area (Å²) in [6.07, 6.45) is 2.84. The van der Waals surface area contributed by atoms with E-state index in [1.165, 1.54) is 0 Å². The molecule has 0 saturated heterocycles. The molecule has 0 heterocycles. The molecule has 4 rings (SSSR count). The maximum Gasteiger partial charge on any atom is 0.154 e. The smallest absolute Gasteiger partial charge is 0.154 e. The third-order valence-corrected chi connectivity index (χ3v) is 16.1. The van der Waals surface area contributed by atoms with Crippen molar-refractivity contribution < 1.29 is 9.13 Å². The van der Waals surface area contributed by atoms with Crippen molar-refractivity contribution >= 4 is 35.5 Å². The predicted molar refractivity (Wildman–Crippen MR) is 157 cm³/mol. The van der Waals surface area contributed by atoms with Crippen LogP contribution in [0.4, 0.5) is 0 Å². The lowest BCUT2D eigenvalue weighted by Crippen LogP contribution is -2.41. The number of benzene rings is 4. The Morgan fingerprint density at radius 2 is 0.833 bits per heavy atom. The Labute approximate surface area is 216 Å². The van der Waals surface area contributed by atoms with Crippen LogP contribution in [0, 0.1) is 5.41 Å². The molecular formula is C32H36O2P2. The molecule has 0 aromatic heterocycles. The summed E-state index contributed by atoms with van der Waals surface area (Å²) in [6, 6.07) is 39.0. The van der Waals surface area contributed by atoms with Crippen LogP contribution in [0.25, 0.3) is 0 Å². The van der Waals surface area contributed by atoms with Crippen molar-refractivity contribution in [2.24, 2.45) is 5.41 Å². The second-order valence-corrected chi connectivity index (χ2v) is 16.3. The molecule has 0 fully saturated rings. The van der Waals surface area contributed by atoms with Crippen LogP contribution in [0.5, 0.6) is 0 Å². The molecule has 0 unspecified atom stereocenters. The Morgan fingerprint density at radius 1 is 0.556 bits per heavy atom. The van der Waals surface area contributed by atoms with Crippen LogP contribution in [0.15, 0.2) is 121 Å². The van der Waals surface area contributed by atoms with E-state index >= 15 is 9.13 Å². The molecule has 0 bridgehead atoms. The predicted octanol–water partition coefficient (Wildman–Crippen LogP) is 7.56. The average Bonchev–Trinajstić information content (AvgIpc) is 2.93. The fourth-order valence-corrected chi connectivity index (χ4v) is 15.3. The van der Waals surface area contributed by atoms with Crippen LogP contribution in [0.2, 0.25) is 0 Å². The molecule has 0 N–H and O–H groups in total. The monoisotopic (exact) mass is 514 g/mol. The van der Waals surface area contributed by atoms with Gasteiger partial charge in [0.1, 0.15) is 0 Å². The fraction of sp³-hybridized carbons (Fsp3) is 0.250. The van der Waals surface area contributed by atoms with E-state index in [0.29, 0.717) is 0 Å². The van der Waals surface area contributed by atoms with Crippen molar-refractivity contribution in [3.63, 3.8) is 0 Å². The summed E-state index contributed by atoms with van der Waals surface area (Å²) < 4.78 is 31.9. The van der Waals surface area contributed by atoms with E-state index in [0.717, 1.165) is 40.5 Å². The lowest BCUT2D eigenvalue weighted by molar-refractivity contribution is 0.342. The molecule has 0 atom stereocenters. The van der Waals surface area contributed by atoms with Gasteiger partial charge in [0, 0.05) is 21.2 Å². The summed E-state index contributed by atoms with van der Waals surface area (Å²) in [6.45, 7) is 6.52. The van der Waals surface area contributed by atoms with Gasteiger partial charge in [-0.3, -0.25) is 0 Å². The Hall–Kier alpha value is -2.66. The molecule has 0 spiro atoms. The minimum atomic E-state index is -3.41. The van der Waals surface area contributed by atoms with Gasteiger partial charge in [0.25, 0.3) is 0 Å². The van der Waals surface area contributed by atoms with Crippen molar-refractivity contribution in [2.45, 2.75) is 45.4 Å². The van der Waals surface area contributed by atoms with Crippen LogP contribution in [-0.2, 0) is 9.13 Å².